The number of aliphatic hydroxyl groups excluding tert-OH is 12. The summed E-state index contributed by atoms with van der Waals surface area (Å²) in [6.45, 7) is -9.46. The largest absolute Gasteiger partial charge is 0.493 e. The Morgan fingerprint density at radius 3 is 0.875 bits per heavy atom. The van der Waals surface area contributed by atoms with Gasteiger partial charge in [0.25, 0.3) is 0 Å². The normalized spacial score (nSPS) is 12.4. The molecule has 22 heteroatoms. The fraction of sp³-hybridized carbons (Fsp3) is 0.667. The van der Waals surface area contributed by atoms with Crippen LogP contribution >= 0.6 is 0 Å². The topological polar surface area (TPSA) is 378 Å². The van der Waals surface area contributed by atoms with Crippen molar-refractivity contribution in [2.45, 2.75) is 73.5 Å². The minimum atomic E-state index is -1.82. The van der Waals surface area contributed by atoms with Gasteiger partial charge in [0, 0.05) is 10.8 Å². The maximum Gasteiger partial charge on any atom is 0.233 e. The van der Waals surface area contributed by atoms with Crippen molar-refractivity contribution >= 4 is 34.4 Å². The van der Waals surface area contributed by atoms with E-state index in [1.54, 1.807) is 24.3 Å². The van der Waals surface area contributed by atoms with E-state index in [1.165, 1.54) is 0 Å². The van der Waals surface area contributed by atoms with Crippen LogP contribution in [0.5, 0.6) is 11.5 Å². The summed E-state index contributed by atoms with van der Waals surface area (Å²) in [7, 11) is 0. The Kier molecular flexibility index (Phi) is 24.3. The van der Waals surface area contributed by atoms with Gasteiger partial charge >= 0.3 is 0 Å². The number of ether oxygens (including phenoxy) is 2. The van der Waals surface area contributed by atoms with Gasteiger partial charge in [0.2, 0.25) is 23.6 Å². The number of aliphatic hydroxyl groups is 12. The zero-order valence-corrected chi connectivity index (χ0v) is 36.0. The highest BCUT2D eigenvalue weighted by atomic mass is 16.5. The van der Waals surface area contributed by atoms with Crippen LogP contribution in [0.4, 0.5) is 0 Å². The predicted octanol–water partition coefficient (Wildman–Crippen LogP) is -4.72. The van der Waals surface area contributed by atoms with E-state index in [4.69, 9.17) is 9.47 Å². The molecule has 16 N–H and O–H groups in total. The van der Waals surface area contributed by atoms with Crippen LogP contribution in [-0.2, 0) is 19.2 Å². The Hall–Kier alpha value is -4.30. The molecule has 0 heterocycles. The fourth-order valence-electron chi connectivity index (χ4n) is 6.35. The van der Waals surface area contributed by atoms with Gasteiger partial charge in [-0.25, -0.2) is 0 Å². The summed E-state index contributed by atoms with van der Waals surface area (Å²) in [5.74, 6) is -5.50. The molecule has 0 bridgehead atoms. The van der Waals surface area contributed by atoms with Crippen LogP contribution in [0.25, 0.3) is 10.8 Å². The number of carbonyl (C=O) groups excluding carboxylic acids is 4. The van der Waals surface area contributed by atoms with Crippen molar-refractivity contribution in [1.29, 1.82) is 0 Å². The van der Waals surface area contributed by atoms with Crippen molar-refractivity contribution in [2.75, 3.05) is 92.5 Å². The lowest BCUT2D eigenvalue weighted by Crippen LogP contribution is -2.62. The van der Waals surface area contributed by atoms with Crippen LogP contribution in [0, 0.1) is 11.8 Å². The van der Waals surface area contributed by atoms with Crippen molar-refractivity contribution in [2.24, 2.45) is 11.8 Å². The molecule has 0 saturated carbocycles. The van der Waals surface area contributed by atoms with E-state index in [9.17, 15) is 80.5 Å². The third-order valence-electron chi connectivity index (χ3n) is 11.1. The molecular weight excluding hydrogens is 848 g/mol. The molecule has 364 valence electrons. The third kappa shape index (κ3) is 15.4. The zero-order chi connectivity index (χ0) is 47.8. The molecule has 0 aliphatic heterocycles. The average molecular weight is 917 g/mol. The van der Waals surface area contributed by atoms with E-state index in [0.717, 1.165) is 10.8 Å². The van der Waals surface area contributed by atoms with Crippen LogP contribution in [-0.4, -0.2) is 200 Å². The summed E-state index contributed by atoms with van der Waals surface area (Å²) in [6.07, 6.45) is 2.47. The summed E-state index contributed by atoms with van der Waals surface area (Å²) < 4.78 is 12.2. The second-order valence-electron chi connectivity index (χ2n) is 16.1. The van der Waals surface area contributed by atoms with Crippen LogP contribution < -0.4 is 30.7 Å². The van der Waals surface area contributed by atoms with Crippen LogP contribution in [0.15, 0.2) is 36.4 Å². The molecule has 4 amide bonds. The molecule has 0 saturated heterocycles. The zero-order valence-electron chi connectivity index (χ0n) is 36.0. The van der Waals surface area contributed by atoms with E-state index in [2.05, 4.69) is 21.3 Å². The predicted molar refractivity (Wildman–Crippen MR) is 227 cm³/mol. The number of unbranched alkanes of at least 4 members (excludes halogenated alkanes) is 4. The van der Waals surface area contributed by atoms with Gasteiger partial charge in [-0.3, -0.25) is 19.2 Å². The summed E-state index contributed by atoms with van der Waals surface area (Å²) in [5, 5.41) is 127. The van der Waals surface area contributed by atoms with Gasteiger partial charge in [0.1, 0.15) is 45.5 Å². The van der Waals surface area contributed by atoms with Gasteiger partial charge in [0.15, 0.2) is 0 Å². The van der Waals surface area contributed by atoms with Crippen molar-refractivity contribution in [3.63, 3.8) is 0 Å². The van der Waals surface area contributed by atoms with Crippen molar-refractivity contribution in [3.05, 3.63) is 36.4 Å². The smallest absolute Gasteiger partial charge is 0.233 e. The van der Waals surface area contributed by atoms with Gasteiger partial charge in [-0.2, -0.15) is 0 Å². The van der Waals surface area contributed by atoms with Crippen molar-refractivity contribution < 1.29 is 89.9 Å². The van der Waals surface area contributed by atoms with E-state index in [-0.39, 0.29) is 26.1 Å². The molecule has 2 aromatic rings. The molecule has 0 aliphatic carbocycles. The standard InChI is InChI=1S/C42H68N4O18/c47-17-39(18-48,19-49)43-35(59)31(36(60)44-40(20-50,21-51)22-52)9-3-1-5-15-63-33-13-7-12-30-29(33)11-8-14-34(30)64-16-6-2-4-10-32(37(61)45-41(23-53,24-54)25-55)38(62)46-42(26-56,27-57)28-58/h7-8,11-14,31-32,47-58H,1-6,9-10,15-28H2,(H,43,59)(H,44,60)(H,45,61)(H,46,62). The summed E-state index contributed by atoms with van der Waals surface area (Å²) in [4.78, 5) is 52.8. The maximum absolute atomic E-state index is 13.2. The number of hydrogen-bond acceptors (Lipinski definition) is 18. The lowest BCUT2D eigenvalue weighted by molar-refractivity contribution is -0.141. The number of fused-ring (bicyclic) bond motifs is 1. The highest BCUT2D eigenvalue weighted by molar-refractivity contribution is 6.01. The number of benzene rings is 2. The number of rotatable bonds is 34. The molecule has 0 fully saturated rings. The van der Waals surface area contributed by atoms with Gasteiger partial charge in [-0.05, 0) is 37.8 Å². The first kappa shape index (κ1) is 55.8. The third-order valence-corrected chi connectivity index (χ3v) is 11.1. The monoisotopic (exact) mass is 916 g/mol. The molecule has 0 atom stereocenters. The van der Waals surface area contributed by atoms with Crippen LogP contribution in [0.3, 0.4) is 0 Å². The first-order chi connectivity index (χ1) is 30.7. The lowest BCUT2D eigenvalue weighted by Gasteiger charge is -2.33. The van der Waals surface area contributed by atoms with E-state index in [0.29, 0.717) is 50.0 Å². The second kappa shape index (κ2) is 27.9. The van der Waals surface area contributed by atoms with Crippen molar-refractivity contribution in [3.8, 4) is 11.5 Å². The van der Waals surface area contributed by atoms with E-state index < -0.39 is 137 Å². The molecule has 0 unspecified atom stereocenters. The summed E-state index contributed by atoms with van der Waals surface area (Å²) in [6, 6.07) is 10.8. The molecule has 0 aromatic heterocycles. The number of carbonyl (C=O) groups is 4. The molecule has 0 radical (unpaired) electrons. The Morgan fingerprint density at radius 2 is 0.641 bits per heavy atom. The molecule has 0 aliphatic rings. The van der Waals surface area contributed by atoms with Crippen molar-refractivity contribution in [1.82, 2.24) is 21.3 Å². The minimum absolute atomic E-state index is 0.0460. The second-order valence-corrected chi connectivity index (χ2v) is 16.1. The Morgan fingerprint density at radius 1 is 0.391 bits per heavy atom. The maximum atomic E-state index is 13.2. The lowest BCUT2D eigenvalue weighted by atomic mass is 9.94. The number of nitrogens with one attached hydrogen (secondary N) is 4. The Bertz CT molecular complexity index is 1490. The number of amides is 4. The highest BCUT2D eigenvalue weighted by Gasteiger charge is 2.40. The Labute approximate surface area is 370 Å². The summed E-state index contributed by atoms with van der Waals surface area (Å²) in [5.41, 5.74) is -7.27. The average Bonchev–Trinajstić information content (AvgIpc) is 3.32. The van der Waals surface area contributed by atoms with Crippen LogP contribution in [0.1, 0.15) is 51.4 Å². The highest BCUT2D eigenvalue weighted by Crippen LogP contribution is 2.32. The summed E-state index contributed by atoms with van der Waals surface area (Å²) >= 11 is 0. The van der Waals surface area contributed by atoms with Gasteiger partial charge in [-0.15, -0.1) is 0 Å². The Balaban J connectivity index is 2.03. The molecule has 22 nitrogen and oxygen atoms in total. The molecular formula is C42H68N4O18. The molecule has 2 aromatic carbocycles. The molecule has 2 rings (SSSR count). The number of hydrogen-bond donors (Lipinski definition) is 16. The SMILES string of the molecule is O=C(NC(CO)(CO)CO)C(CCCCCOc1cccc2c(OCCCCCC(C(=O)NC(CO)(CO)CO)C(=O)NC(CO)(CO)CO)cccc12)C(=O)NC(CO)(CO)CO. The van der Waals surface area contributed by atoms with E-state index >= 15 is 0 Å². The van der Waals surface area contributed by atoms with Gasteiger partial charge in [0.05, 0.1) is 92.5 Å². The molecule has 64 heavy (non-hydrogen) atoms. The van der Waals surface area contributed by atoms with Crippen LogP contribution in [0.2, 0.25) is 0 Å². The van der Waals surface area contributed by atoms with Gasteiger partial charge < -0.3 is 92.0 Å². The van der Waals surface area contributed by atoms with E-state index in [1.807, 2.05) is 12.1 Å². The minimum Gasteiger partial charge on any atom is -0.493 e. The first-order valence-electron chi connectivity index (χ1n) is 21.0. The first-order valence-corrected chi connectivity index (χ1v) is 21.0. The quantitative estimate of drug-likeness (QED) is 0.0232. The fourth-order valence-corrected chi connectivity index (χ4v) is 6.35. The van der Waals surface area contributed by atoms with Gasteiger partial charge in [-0.1, -0.05) is 49.9 Å². The molecule has 0 spiro atoms.